The van der Waals surface area contributed by atoms with Crippen LogP contribution in [0.15, 0.2) is 18.2 Å². The number of nitro benzene ring substituents is 1. The zero-order chi connectivity index (χ0) is 14.7. The van der Waals surface area contributed by atoms with Crippen LogP contribution in [0.2, 0.25) is 0 Å². The smallest absolute Gasteiger partial charge is 0.282 e. The van der Waals surface area contributed by atoms with Gasteiger partial charge in [-0.1, -0.05) is 0 Å². The van der Waals surface area contributed by atoms with Crippen molar-refractivity contribution in [1.82, 2.24) is 4.90 Å². The highest BCUT2D eigenvalue weighted by molar-refractivity contribution is 5.98. The number of benzene rings is 1. The fourth-order valence-corrected chi connectivity index (χ4v) is 2.25. The lowest BCUT2D eigenvalue weighted by Crippen LogP contribution is -2.43. The van der Waals surface area contributed by atoms with Gasteiger partial charge in [-0.3, -0.25) is 14.9 Å². The van der Waals surface area contributed by atoms with Crippen LogP contribution in [0, 0.1) is 10.1 Å². The molecule has 2 rings (SSSR count). The third-order valence-electron chi connectivity index (χ3n) is 3.46. The quantitative estimate of drug-likeness (QED) is 0.674. The molecular formula is C13H18ClN3O4. The number of amides is 1. The van der Waals surface area contributed by atoms with Gasteiger partial charge >= 0.3 is 0 Å². The van der Waals surface area contributed by atoms with Crippen molar-refractivity contribution in [3.05, 3.63) is 33.9 Å². The minimum Gasteiger partial charge on any atom is -0.497 e. The number of carbonyl (C=O) groups excluding carboxylic acids is 1. The van der Waals surface area contributed by atoms with E-state index in [4.69, 9.17) is 10.5 Å². The van der Waals surface area contributed by atoms with Crippen molar-refractivity contribution in [3.8, 4) is 5.75 Å². The van der Waals surface area contributed by atoms with E-state index >= 15 is 0 Å². The molecule has 0 aliphatic carbocycles. The Kier molecular flexibility index (Phi) is 5.92. The maximum Gasteiger partial charge on any atom is 0.282 e. The highest BCUT2D eigenvalue weighted by Gasteiger charge is 2.27. The van der Waals surface area contributed by atoms with Crippen molar-refractivity contribution in [3.63, 3.8) is 0 Å². The molecular weight excluding hydrogens is 298 g/mol. The molecule has 116 valence electrons. The van der Waals surface area contributed by atoms with Crippen LogP contribution in [0.1, 0.15) is 23.2 Å². The number of methoxy groups -OCH3 is 1. The molecule has 1 fully saturated rings. The Morgan fingerprint density at radius 1 is 1.43 bits per heavy atom. The maximum atomic E-state index is 12.4. The molecule has 0 aromatic heterocycles. The van der Waals surface area contributed by atoms with Gasteiger partial charge in [0.05, 0.1) is 12.0 Å². The second kappa shape index (κ2) is 7.24. The number of piperidine rings is 1. The van der Waals surface area contributed by atoms with Crippen LogP contribution >= 0.6 is 12.4 Å². The van der Waals surface area contributed by atoms with Crippen molar-refractivity contribution < 1.29 is 14.5 Å². The first-order valence-electron chi connectivity index (χ1n) is 6.40. The first kappa shape index (κ1) is 17.2. The third-order valence-corrected chi connectivity index (χ3v) is 3.46. The van der Waals surface area contributed by atoms with Crippen LogP contribution in [-0.2, 0) is 0 Å². The number of hydrogen-bond acceptors (Lipinski definition) is 5. The molecule has 0 unspecified atom stereocenters. The Hall–Kier alpha value is -1.86. The second-order valence-electron chi connectivity index (χ2n) is 4.77. The largest absolute Gasteiger partial charge is 0.497 e. The van der Waals surface area contributed by atoms with Crippen LogP contribution in [0.3, 0.4) is 0 Å². The van der Waals surface area contributed by atoms with Crippen molar-refractivity contribution >= 4 is 24.0 Å². The summed E-state index contributed by atoms with van der Waals surface area (Å²) in [7, 11) is 1.45. The van der Waals surface area contributed by atoms with Crippen LogP contribution in [0.5, 0.6) is 5.75 Å². The fourth-order valence-electron chi connectivity index (χ4n) is 2.25. The molecule has 0 spiro atoms. The van der Waals surface area contributed by atoms with Gasteiger partial charge in [-0.2, -0.15) is 0 Å². The number of halogens is 1. The van der Waals surface area contributed by atoms with Gasteiger partial charge in [0.25, 0.3) is 11.6 Å². The van der Waals surface area contributed by atoms with E-state index in [9.17, 15) is 14.9 Å². The molecule has 1 aliphatic heterocycles. The summed E-state index contributed by atoms with van der Waals surface area (Å²) in [5.41, 5.74) is 5.65. The molecule has 1 aliphatic rings. The van der Waals surface area contributed by atoms with E-state index in [2.05, 4.69) is 0 Å². The van der Waals surface area contributed by atoms with E-state index in [0.29, 0.717) is 31.7 Å². The molecule has 8 heteroatoms. The lowest BCUT2D eigenvalue weighted by Gasteiger charge is -2.30. The number of nitrogens with two attached hydrogens (primary N) is 1. The van der Waals surface area contributed by atoms with E-state index in [1.54, 1.807) is 4.90 Å². The number of ether oxygens (including phenoxy) is 1. The molecule has 0 radical (unpaired) electrons. The van der Waals surface area contributed by atoms with E-state index < -0.39 is 4.92 Å². The van der Waals surface area contributed by atoms with E-state index in [0.717, 1.165) is 0 Å². The SMILES string of the molecule is COc1ccc([N+](=O)[O-])c(C(=O)N2CCC(N)CC2)c1.Cl. The second-order valence-corrected chi connectivity index (χ2v) is 4.77. The number of nitrogens with zero attached hydrogens (tertiary/aromatic N) is 2. The van der Waals surface area contributed by atoms with Crippen LogP contribution < -0.4 is 10.5 Å². The number of carbonyl (C=O) groups is 1. The summed E-state index contributed by atoms with van der Waals surface area (Å²) >= 11 is 0. The molecule has 0 bridgehead atoms. The Morgan fingerprint density at radius 2 is 2.05 bits per heavy atom. The lowest BCUT2D eigenvalue weighted by molar-refractivity contribution is -0.385. The van der Waals surface area contributed by atoms with Gasteiger partial charge in [-0.05, 0) is 25.0 Å². The van der Waals surface area contributed by atoms with Gasteiger partial charge in [-0.25, -0.2) is 0 Å². The van der Waals surface area contributed by atoms with Gasteiger partial charge < -0.3 is 15.4 Å². The van der Waals surface area contributed by atoms with Crippen molar-refractivity contribution in [2.45, 2.75) is 18.9 Å². The lowest BCUT2D eigenvalue weighted by atomic mass is 10.0. The predicted molar refractivity (Wildman–Crippen MR) is 80.0 cm³/mol. The topological polar surface area (TPSA) is 98.7 Å². The minimum absolute atomic E-state index is 0. The highest BCUT2D eigenvalue weighted by atomic mass is 35.5. The molecule has 2 N–H and O–H groups in total. The normalized spacial score (nSPS) is 15.2. The molecule has 7 nitrogen and oxygen atoms in total. The Morgan fingerprint density at radius 3 is 2.57 bits per heavy atom. The van der Waals surface area contributed by atoms with Crippen molar-refractivity contribution in [1.29, 1.82) is 0 Å². The number of rotatable bonds is 3. The summed E-state index contributed by atoms with van der Waals surface area (Å²) in [6.45, 7) is 1.04. The molecule has 1 saturated heterocycles. The number of nitro groups is 1. The van der Waals surface area contributed by atoms with Crippen molar-refractivity contribution in [2.24, 2.45) is 5.73 Å². The Labute approximate surface area is 128 Å². The molecule has 1 heterocycles. The van der Waals surface area contributed by atoms with Crippen LogP contribution in [0.25, 0.3) is 0 Å². The van der Waals surface area contributed by atoms with Crippen molar-refractivity contribution in [2.75, 3.05) is 20.2 Å². The number of likely N-dealkylation sites (tertiary alicyclic amines) is 1. The van der Waals surface area contributed by atoms with Gasteiger partial charge in [-0.15, -0.1) is 12.4 Å². The van der Waals surface area contributed by atoms with Crippen LogP contribution in [0.4, 0.5) is 5.69 Å². The Bertz CT molecular complexity index is 530. The minimum atomic E-state index is -0.553. The Balaban J connectivity index is 0.00000220. The summed E-state index contributed by atoms with van der Waals surface area (Å²) in [5, 5.41) is 11.0. The first-order chi connectivity index (χ1) is 9.52. The average Bonchev–Trinajstić information content (AvgIpc) is 2.46. The zero-order valence-corrected chi connectivity index (χ0v) is 12.5. The standard InChI is InChI=1S/C13H17N3O4.ClH/c1-20-10-2-3-12(16(18)19)11(8-10)13(17)15-6-4-9(14)5-7-15;/h2-3,8-9H,4-7,14H2,1H3;1H. The van der Waals surface area contributed by atoms with Gasteiger partial charge in [0, 0.05) is 25.2 Å². The van der Waals surface area contributed by atoms with Gasteiger partial charge in [0.2, 0.25) is 0 Å². The molecule has 21 heavy (non-hydrogen) atoms. The molecule has 0 atom stereocenters. The third kappa shape index (κ3) is 3.83. The predicted octanol–water partition coefficient (Wildman–Crippen LogP) is 1.59. The molecule has 1 amide bonds. The van der Waals surface area contributed by atoms with Crippen LogP contribution in [-0.4, -0.2) is 42.0 Å². The molecule has 0 saturated carbocycles. The maximum absolute atomic E-state index is 12.4. The summed E-state index contributed by atoms with van der Waals surface area (Å²) in [5.74, 6) is 0.0789. The van der Waals surface area contributed by atoms with E-state index in [1.165, 1.54) is 25.3 Å². The van der Waals surface area contributed by atoms with E-state index in [-0.39, 0.29) is 35.6 Å². The average molecular weight is 316 g/mol. The molecule has 1 aromatic carbocycles. The highest BCUT2D eigenvalue weighted by Crippen LogP contribution is 2.26. The summed E-state index contributed by atoms with van der Waals surface area (Å²) in [6.07, 6.45) is 1.42. The first-order valence-corrected chi connectivity index (χ1v) is 6.40. The summed E-state index contributed by atoms with van der Waals surface area (Å²) in [4.78, 5) is 24.5. The van der Waals surface area contributed by atoms with Gasteiger partial charge in [0.1, 0.15) is 11.3 Å². The summed E-state index contributed by atoms with van der Waals surface area (Å²) < 4.78 is 5.03. The molecule has 1 aromatic rings. The zero-order valence-electron chi connectivity index (χ0n) is 11.7. The van der Waals surface area contributed by atoms with E-state index in [1.807, 2.05) is 0 Å². The summed E-state index contributed by atoms with van der Waals surface area (Å²) in [6, 6.07) is 4.27. The fraction of sp³-hybridized carbons (Fsp3) is 0.462. The van der Waals surface area contributed by atoms with Gasteiger partial charge in [0.15, 0.2) is 0 Å². The monoisotopic (exact) mass is 315 g/mol. The number of hydrogen-bond donors (Lipinski definition) is 1.